The summed E-state index contributed by atoms with van der Waals surface area (Å²) < 4.78 is 10.2. The Morgan fingerprint density at radius 1 is 1.16 bits per heavy atom. The average molecular weight is 264 g/mol. The van der Waals surface area contributed by atoms with Crippen molar-refractivity contribution in [2.45, 2.75) is 46.1 Å². The van der Waals surface area contributed by atoms with Gasteiger partial charge >= 0.3 is 11.9 Å². The van der Waals surface area contributed by atoms with Gasteiger partial charge in [0, 0.05) is 6.42 Å². The van der Waals surface area contributed by atoms with E-state index in [1.807, 2.05) is 6.92 Å². The van der Waals surface area contributed by atoms with Crippen molar-refractivity contribution in [3.05, 3.63) is 29.8 Å². The second-order valence-corrected chi connectivity index (χ2v) is 4.56. The van der Waals surface area contributed by atoms with Crippen LogP contribution in [-0.4, -0.2) is 18.0 Å². The molecule has 0 N–H and O–H groups in total. The van der Waals surface area contributed by atoms with Crippen molar-refractivity contribution in [1.29, 1.82) is 0 Å². The largest absolute Gasteiger partial charge is 0.459 e. The molecule has 0 radical (unpaired) electrons. The molecule has 4 heteroatoms. The lowest BCUT2D eigenvalue weighted by molar-refractivity contribution is -0.134. The smallest absolute Gasteiger partial charge is 0.338 e. The highest BCUT2D eigenvalue weighted by molar-refractivity contribution is 5.89. The first-order valence-corrected chi connectivity index (χ1v) is 6.54. The van der Waals surface area contributed by atoms with Gasteiger partial charge in [-0.3, -0.25) is 4.79 Å². The Labute approximate surface area is 113 Å². The third-order valence-corrected chi connectivity index (χ3v) is 2.40. The van der Waals surface area contributed by atoms with Crippen LogP contribution < -0.4 is 4.74 Å². The van der Waals surface area contributed by atoms with E-state index < -0.39 is 0 Å². The van der Waals surface area contributed by atoms with Crippen molar-refractivity contribution < 1.29 is 19.1 Å². The Morgan fingerprint density at radius 3 is 2.32 bits per heavy atom. The molecule has 0 aliphatic carbocycles. The molecule has 1 rings (SSSR count). The van der Waals surface area contributed by atoms with Gasteiger partial charge in [0.15, 0.2) is 0 Å². The third kappa shape index (κ3) is 5.55. The van der Waals surface area contributed by atoms with E-state index in [2.05, 4.69) is 0 Å². The van der Waals surface area contributed by atoms with Crippen LogP contribution in [0.15, 0.2) is 24.3 Å². The van der Waals surface area contributed by atoms with Gasteiger partial charge < -0.3 is 9.47 Å². The number of hydrogen-bond acceptors (Lipinski definition) is 4. The summed E-state index contributed by atoms with van der Waals surface area (Å²) in [7, 11) is 0. The maximum Gasteiger partial charge on any atom is 0.338 e. The number of benzene rings is 1. The molecule has 0 atom stereocenters. The molecule has 0 spiro atoms. The van der Waals surface area contributed by atoms with Crippen LogP contribution in [0.4, 0.5) is 0 Å². The summed E-state index contributed by atoms with van der Waals surface area (Å²) in [5.74, 6) is -0.180. The van der Waals surface area contributed by atoms with E-state index in [1.165, 1.54) is 0 Å². The molecular weight excluding hydrogens is 244 g/mol. The van der Waals surface area contributed by atoms with Crippen LogP contribution in [0.2, 0.25) is 0 Å². The van der Waals surface area contributed by atoms with Crippen LogP contribution in [0.25, 0.3) is 0 Å². The summed E-state index contributed by atoms with van der Waals surface area (Å²) in [5, 5.41) is 0. The van der Waals surface area contributed by atoms with Crippen LogP contribution in [-0.2, 0) is 9.53 Å². The van der Waals surface area contributed by atoms with E-state index in [0.717, 1.165) is 12.8 Å². The monoisotopic (exact) mass is 264 g/mol. The fourth-order valence-corrected chi connectivity index (χ4v) is 1.44. The molecule has 0 saturated heterocycles. The predicted molar refractivity (Wildman–Crippen MR) is 72.2 cm³/mol. The second kappa shape index (κ2) is 7.56. The van der Waals surface area contributed by atoms with Crippen molar-refractivity contribution in [2.24, 2.45) is 0 Å². The van der Waals surface area contributed by atoms with Gasteiger partial charge in [0.25, 0.3) is 0 Å². The van der Waals surface area contributed by atoms with Gasteiger partial charge in [-0.05, 0) is 44.5 Å². The molecule has 0 amide bonds. The van der Waals surface area contributed by atoms with Crippen LogP contribution in [0.3, 0.4) is 0 Å². The van der Waals surface area contributed by atoms with Crippen molar-refractivity contribution in [2.75, 3.05) is 0 Å². The Bertz CT molecular complexity index is 420. The maximum atomic E-state index is 11.6. The van der Waals surface area contributed by atoms with Crippen molar-refractivity contribution in [3.63, 3.8) is 0 Å². The van der Waals surface area contributed by atoms with E-state index in [4.69, 9.17) is 9.47 Å². The number of hydrogen-bond donors (Lipinski definition) is 0. The first-order valence-electron chi connectivity index (χ1n) is 6.54. The lowest BCUT2D eigenvalue weighted by atomic mass is 10.2. The highest BCUT2D eigenvalue weighted by atomic mass is 16.5. The normalized spacial score (nSPS) is 10.3. The average Bonchev–Trinajstić information content (AvgIpc) is 2.36. The third-order valence-electron chi connectivity index (χ3n) is 2.40. The fourth-order valence-electron chi connectivity index (χ4n) is 1.44. The van der Waals surface area contributed by atoms with Gasteiger partial charge in [0.05, 0.1) is 11.7 Å². The van der Waals surface area contributed by atoms with E-state index >= 15 is 0 Å². The van der Waals surface area contributed by atoms with Crippen LogP contribution in [0.5, 0.6) is 5.75 Å². The van der Waals surface area contributed by atoms with E-state index in [-0.39, 0.29) is 18.0 Å². The molecule has 0 fully saturated rings. The van der Waals surface area contributed by atoms with E-state index in [1.54, 1.807) is 38.1 Å². The maximum absolute atomic E-state index is 11.6. The number of carbonyl (C=O) groups excluding carboxylic acids is 2. The lowest BCUT2D eigenvalue weighted by Gasteiger charge is -2.08. The van der Waals surface area contributed by atoms with Gasteiger partial charge in [-0.15, -0.1) is 0 Å². The minimum Gasteiger partial charge on any atom is -0.459 e. The standard InChI is InChI=1S/C15H20O4/c1-4-5-6-14(16)19-13-9-7-12(8-10-13)15(17)18-11(2)3/h7-11H,4-6H2,1-3H3. The fraction of sp³-hybridized carbons (Fsp3) is 0.467. The second-order valence-electron chi connectivity index (χ2n) is 4.56. The summed E-state index contributed by atoms with van der Waals surface area (Å²) >= 11 is 0. The number of ether oxygens (including phenoxy) is 2. The Balaban J connectivity index is 2.56. The molecule has 19 heavy (non-hydrogen) atoms. The molecule has 0 unspecified atom stereocenters. The number of carbonyl (C=O) groups is 2. The predicted octanol–water partition coefficient (Wildman–Crippen LogP) is 3.35. The summed E-state index contributed by atoms with van der Waals surface area (Å²) in [6.07, 6.45) is 2.03. The summed E-state index contributed by atoms with van der Waals surface area (Å²) in [6.45, 7) is 5.60. The van der Waals surface area contributed by atoms with E-state index in [0.29, 0.717) is 17.7 Å². The lowest BCUT2D eigenvalue weighted by Crippen LogP contribution is -2.11. The molecule has 4 nitrogen and oxygen atoms in total. The number of esters is 2. The summed E-state index contributed by atoms with van der Waals surface area (Å²) in [5.41, 5.74) is 0.446. The summed E-state index contributed by atoms with van der Waals surface area (Å²) in [4.78, 5) is 23.0. The molecule has 0 saturated carbocycles. The topological polar surface area (TPSA) is 52.6 Å². The van der Waals surface area contributed by atoms with Crippen LogP contribution >= 0.6 is 0 Å². The molecular formula is C15H20O4. The number of rotatable bonds is 6. The molecule has 0 aliphatic heterocycles. The molecule has 1 aromatic carbocycles. The van der Waals surface area contributed by atoms with Gasteiger partial charge in [0.1, 0.15) is 5.75 Å². The SMILES string of the molecule is CCCCC(=O)Oc1ccc(C(=O)OC(C)C)cc1. The zero-order valence-electron chi connectivity index (χ0n) is 11.6. The molecule has 0 aromatic heterocycles. The van der Waals surface area contributed by atoms with E-state index in [9.17, 15) is 9.59 Å². The Morgan fingerprint density at radius 2 is 1.79 bits per heavy atom. The van der Waals surface area contributed by atoms with Crippen LogP contribution in [0.1, 0.15) is 50.4 Å². The first-order chi connectivity index (χ1) is 9.02. The molecule has 1 aromatic rings. The van der Waals surface area contributed by atoms with Crippen molar-refractivity contribution in [1.82, 2.24) is 0 Å². The van der Waals surface area contributed by atoms with Gasteiger partial charge in [0.2, 0.25) is 0 Å². The molecule has 0 heterocycles. The summed E-state index contributed by atoms with van der Waals surface area (Å²) in [6, 6.07) is 6.38. The zero-order chi connectivity index (χ0) is 14.3. The number of unbranched alkanes of at least 4 members (excludes halogenated alkanes) is 1. The highest BCUT2D eigenvalue weighted by Crippen LogP contribution is 2.14. The Kier molecular flexibility index (Phi) is 6.06. The molecule has 0 bridgehead atoms. The van der Waals surface area contributed by atoms with Crippen LogP contribution in [0, 0.1) is 0 Å². The zero-order valence-corrected chi connectivity index (χ0v) is 11.6. The Hall–Kier alpha value is -1.84. The van der Waals surface area contributed by atoms with Gasteiger partial charge in [-0.2, -0.15) is 0 Å². The minimum atomic E-state index is -0.376. The van der Waals surface area contributed by atoms with Crippen molar-refractivity contribution in [3.8, 4) is 5.75 Å². The van der Waals surface area contributed by atoms with Gasteiger partial charge in [-0.25, -0.2) is 4.79 Å². The highest BCUT2D eigenvalue weighted by Gasteiger charge is 2.10. The first kappa shape index (κ1) is 15.2. The van der Waals surface area contributed by atoms with Gasteiger partial charge in [-0.1, -0.05) is 13.3 Å². The van der Waals surface area contributed by atoms with Crippen molar-refractivity contribution >= 4 is 11.9 Å². The molecule has 104 valence electrons. The molecule has 0 aliphatic rings. The minimum absolute atomic E-state index is 0.154. The quantitative estimate of drug-likeness (QED) is 0.584.